The number of benzene rings is 2. The highest BCUT2D eigenvalue weighted by Crippen LogP contribution is 2.27. The summed E-state index contributed by atoms with van der Waals surface area (Å²) in [6.07, 6.45) is 1.50. The van der Waals surface area contributed by atoms with Gasteiger partial charge in [-0.3, -0.25) is 9.59 Å². The lowest BCUT2D eigenvalue weighted by Crippen LogP contribution is -2.43. The number of nitrogens with one attached hydrogen (secondary N) is 1. The average molecular weight is 484 g/mol. The molecule has 0 aromatic heterocycles. The van der Waals surface area contributed by atoms with Crippen molar-refractivity contribution in [2.45, 2.75) is 6.92 Å². The maximum Gasteiger partial charge on any atom is 0.266 e. The van der Waals surface area contributed by atoms with E-state index in [1.165, 1.54) is 6.08 Å². The minimum atomic E-state index is -0.486. The van der Waals surface area contributed by atoms with E-state index in [-0.39, 0.29) is 18.1 Å². The number of nitrogens with zero attached hydrogens (tertiary/aromatic N) is 2. The second kappa shape index (κ2) is 10.8. The van der Waals surface area contributed by atoms with Crippen LogP contribution in [0.2, 0.25) is 0 Å². The molecule has 3 rings (SSSR count). The molecular formula is C23H22BrN3O4. The van der Waals surface area contributed by atoms with Crippen LogP contribution in [0.4, 0.5) is 5.69 Å². The summed E-state index contributed by atoms with van der Waals surface area (Å²) in [4.78, 5) is 26.4. The summed E-state index contributed by atoms with van der Waals surface area (Å²) in [5.74, 6) is -0.0825. The SMILES string of the molecule is Cc1cccc(NC(=O)/C(C#N)=C\c2ccc(OCC(=O)N3CCOCC3)c(Br)c2)c1. The van der Waals surface area contributed by atoms with Gasteiger partial charge in [0.1, 0.15) is 17.4 Å². The van der Waals surface area contributed by atoms with E-state index < -0.39 is 5.91 Å². The van der Waals surface area contributed by atoms with Crippen LogP contribution in [0.15, 0.2) is 52.5 Å². The van der Waals surface area contributed by atoms with Crippen molar-refractivity contribution in [3.63, 3.8) is 0 Å². The van der Waals surface area contributed by atoms with Gasteiger partial charge in [0.25, 0.3) is 11.8 Å². The molecule has 160 valence electrons. The van der Waals surface area contributed by atoms with Crippen LogP contribution in [0.25, 0.3) is 6.08 Å². The molecule has 31 heavy (non-hydrogen) atoms. The van der Waals surface area contributed by atoms with Gasteiger partial charge in [0.15, 0.2) is 6.61 Å². The summed E-state index contributed by atoms with van der Waals surface area (Å²) in [5, 5.41) is 12.1. The largest absolute Gasteiger partial charge is 0.483 e. The van der Waals surface area contributed by atoms with E-state index in [4.69, 9.17) is 9.47 Å². The third-order valence-corrected chi connectivity index (χ3v) is 5.24. The lowest BCUT2D eigenvalue weighted by molar-refractivity contribution is -0.137. The highest BCUT2D eigenvalue weighted by atomic mass is 79.9. The van der Waals surface area contributed by atoms with Crippen LogP contribution in [0.1, 0.15) is 11.1 Å². The lowest BCUT2D eigenvalue weighted by Gasteiger charge is -2.26. The molecule has 0 bridgehead atoms. The summed E-state index contributed by atoms with van der Waals surface area (Å²) >= 11 is 3.42. The van der Waals surface area contributed by atoms with Gasteiger partial charge in [-0.2, -0.15) is 5.26 Å². The van der Waals surface area contributed by atoms with E-state index >= 15 is 0 Å². The Morgan fingerprint density at radius 3 is 2.71 bits per heavy atom. The molecule has 8 heteroatoms. The molecule has 0 radical (unpaired) electrons. The predicted molar refractivity (Wildman–Crippen MR) is 120 cm³/mol. The number of morpholine rings is 1. The van der Waals surface area contributed by atoms with Gasteiger partial charge in [-0.05, 0) is 64.3 Å². The number of hydrogen-bond acceptors (Lipinski definition) is 5. The fourth-order valence-corrected chi connectivity index (χ4v) is 3.51. The topological polar surface area (TPSA) is 91.7 Å². The van der Waals surface area contributed by atoms with Crippen molar-refractivity contribution < 1.29 is 19.1 Å². The summed E-state index contributed by atoms with van der Waals surface area (Å²) in [6.45, 7) is 4.05. The molecule has 2 aromatic rings. The van der Waals surface area contributed by atoms with Crippen LogP contribution in [-0.2, 0) is 14.3 Å². The molecule has 1 aliphatic rings. The number of anilines is 1. The zero-order valence-corrected chi connectivity index (χ0v) is 18.6. The van der Waals surface area contributed by atoms with Crippen LogP contribution in [0.3, 0.4) is 0 Å². The minimum absolute atomic E-state index is 0.0235. The molecule has 7 nitrogen and oxygen atoms in total. The Morgan fingerprint density at radius 1 is 1.26 bits per heavy atom. The second-order valence-electron chi connectivity index (χ2n) is 6.97. The smallest absolute Gasteiger partial charge is 0.266 e. The molecule has 0 saturated carbocycles. The van der Waals surface area contributed by atoms with E-state index in [0.29, 0.717) is 47.8 Å². The van der Waals surface area contributed by atoms with Crippen LogP contribution >= 0.6 is 15.9 Å². The molecule has 0 unspecified atom stereocenters. The van der Waals surface area contributed by atoms with E-state index in [1.807, 2.05) is 31.2 Å². The van der Waals surface area contributed by atoms with Crippen molar-refractivity contribution in [2.75, 3.05) is 38.2 Å². The summed E-state index contributed by atoms with van der Waals surface area (Å²) in [7, 11) is 0. The molecule has 1 aliphatic heterocycles. The van der Waals surface area contributed by atoms with Crippen LogP contribution in [0, 0.1) is 18.3 Å². The Labute approximate surface area is 189 Å². The number of nitriles is 1. The number of amides is 2. The van der Waals surface area contributed by atoms with E-state index in [2.05, 4.69) is 21.2 Å². The van der Waals surface area contributed by atoms with Gasteiger partial charge in [0, 0.05) is 18.8 Å². The van der Waals surface area contributed by atoms with Gasteiger partial charge in [0.2, 0.25) is 0 Å². The van der Waals surface area contributed by atoms with Crippen molar-refractivity contribution in [3.8, 4) is 11.8 Å². The fraction of sp³-hybridized carbons (Fsp3) is 0.261. The summed E-state index contributed by atoms with van der Waals surface area (Å²) in [5.41, 5.74) is 2.26. The van der Waals surface area contributed by atoms with E-state index in [9.17, 15) is 14.9 Å². The fourth-order valence-electron chi connectivity index (χ4n) is 3.00. The number of halogens is 1. The zero-order valence-electron chi connectivity index (χ0n) is 17.1. The van der Waals surface area contributed by atoms with Gasteiger partial charge in [0.05, 0.1) is 17.7 Å². The van der Waals surface area contributed by atoms with Crippen LogP contribution in [0.5, 0.6) is 5.75 Å². The molecule has 0 spiro atoms. The number of hydrogen-bond donors (Lipinski definition) is 1. The third-order valence-electron chi connectivity index (χ3n) is 4.62. The first kappa shape index (κ1) is 22.5. The molecule has 1 fully saturated rings. The Morgan fingerprint density at radius 2 is 2.03 bits per heavy atom. The monoisotopic (exact) mass is 483 g/mol. The van der Waals surface area contributed by atoms with E-state index in [1.54, 1.807) is 29.2 Å². The first-order chi connectivity index (χ1) is 15.0. The van der Waals surface area contributed by atoms with Crippen LogP contribution < -0.4 is 10.1 Å². The first-order valence-corrected chi connectivity index (χ1v) is 10.5. The Bertz CT molecular complexity index is 1040. The van der Waals surface area contributed by atoms with Crippen LogP contribution in [-0.4, -0.2) is 49.6 Å². The molecular weight excluding hydrogens is 462 g/mol. The highest BCUT2D eigenvalue weighted by Gasteiger charge is 2.17. The normalized spacial score (nSPS) is 14.0. The number of rotatable bonds is 6. The number of aryl methyl sites for hydroxylation is 1. The van der Waals surface area contributed by atoms with Gasteiger partial charge in [-0.1, -0.05) is 18.2 Å². The van der Waals surface area contributed by atoms with Crippen molar-refractivity contribution in [3.05, 3.63) is 63.6 Å². The van der Waals surface area contributed by atoms with Gasteiger partial charge >= 0.3 is 0 Å². The number of carbonyl (C=O) groups excluding carboxylic acids is 2. The molecule has 1 heterocycles. The molecule has 1 N–H and O–H groups in total. The van der Waals surface area contributed by atoms with Gasteiger partial charge < -0.3 is 19.7 Å². The molecule has 1 saturated heterocycles. The highest BCUT2D eigenvalue weighted by molar-refractivity contribution is 9.10. The number of carbonyl (C=O) groups is 2. The maximum atomic E-state index is 12.4. The Hall–Kier alpha value is -3.15. The minimum Gasteiger partial charge on any atom is -0.483 e. The average Bonchev–Trinajstić information content (AvgIpc) is 2.77. The molecule has 0 atom stereocenters. The number of ether oxygens (including phenoxy) is 2. The Kier molecular flexibility index (Phi) is 7.82. The van der Waals surface area contributed by atoms with Crippen molar-refractivity contribution in [2.24, 2.45) is 0 Å². The van der Waals surface area contributed by atoms with Gasteiger partial charge in [-0.15, -0.1) is 0 Å². The molecule has 0 aliphatic carbocycles. The standard InChI is InChI=1S/C23H22BrN3O4/c1-16-3-2-4-19(11-16)26-23(29)18(14-25)12-17-5-6-21(20(24)13-17)31-15-22(28)27-7-9-30-10-8-27/h2-6,11-13H,7-10,15H2,1H3,(H,26,29)/b18-12-. The second-order valence-corrected chi connectivity index (χ2v) is 7.82. The van der Waals surface area contributed by atoms with Crippen molar-refractivity contribution >= 4 is 39.5 Å². The van der Waals surface area contributed by atoms with Gasteiger partial charge in [-0.25, -0.2) is 0 Å². The predicted octanol–water partition coefficient (Wildman–Crippen LogP) is 3.54. The van der Waals surface area contributed by atoms with E-state index in [0.717, 1.165) is 5.56 Å². The quantitative estimate of drug-likeness (QED) is 0.501. The zero-order chi connectivity index (χ0) is 22.2. The van der Waals surface area contributed by atoms with Crippen molar-refractivity contribution in [1.82, 2.24) is 4.90 Å². The lowest BCUT2D eigenvalue weighted by atomic mass is 10.1. The molecule has 2 amide bonds. The molecule has 2 aromatic carbocycles. The maximum absolute atomic E-state index is 12.4. The summed E-state index contributed by atoms with van der Waals surface area (Å²) < 4.78 is 11.5. The first-order valence-electron chi connectivity index (χ1n) is 9.74. The summed E-state index contributed by atoms with van der Waals surface area (Å²) in [6, 6.07) is 14.4. The van der Waals surface area contributed by atoms with Crippen molar-refractivity contribution in [1.29, 1.82) is 5.26 Å². The Balaban J connectivity index is 1.64. The third kappa shape index (κ3) is 6.41.